The molecule has 34 heavy (non-hydrogen) atoms. The highest BCUT2D eigenvalue weighted by molar-refractivity contribution is 5.98. The summed E-state index contributed by atoms with van der Waals surface area (Å²) in [5.41, 5.74) is 3.48. The summed E-state index contributed by atoms with van der Waals surface area (Å²) >= 11 is 0. The molecule has 4 aromatic rings. The number of aromatic carboxylic acids is 1. The molecule has 0 spiro atoms. The molecule has 0 saturated carbocycles. The normalized spacial score (nSPS) is 11.6. The van der Waals surface area contributed by atoms with Gasteiger partial charge in [0.2, 0.25) is 0 Å². The van der Waals surface area contributed by atoms with Crippen molar-refractivity contribution >= 4 is 11.9 Å². The molecular formula is C26H24N4O4. The fourth-order valence-corrected chi connectivity index (χ4v) is 3.65. The number of ether oxygens (including phenoxy) is 1. The number of nitrogens with one attached hydrogen (secondary N) is 1. The minimum absolute atomic E-state index is 0.189. The van der Waals surface area contributed by atoms with Crippen LogP contribution in [0.3, 0.4) is 0 Å². The van der Waals surface area contributed by atoms with Crippen molar-refractivity contribution < 1.29 is 19.4 Å². The second kappa shape index (κ2) is 9.99. The summed E-state index contributed by atoms with van der Waals surface area (Å²) in [6.07, 6.45) is 0. The SMILES string of the molecule is COc1cccc(Cn2nnc(-c3ccccc3)c2C(=O)N[C@@H](C)c2ccc(C(=O)O)cc2)c1. The van der Waals surface area contributed by atoms with Gasteiger partial charge in [-0.15, -0.1) is 5.10 Å². The van der Waals surface area contributed by atoms with Crippen molar-refractivity contribution in [2.24, 2.45) is 0 Å². The summed E-state index contributed by atoms with van der Waals surface area (Å²) in [5.74, 6) is -0.616. The lowest BCUT2D eigenvalue weighted by Crippen LogP contribution is -2.29. The van der Waals surface area contributed by atoms with Crippen LogP contribution < -0.4 is 10.1 Å². The van der Waals surface area contributed by atoms with E-state index in [1.54, 1.807) is 23.9 Å². The van der Waals surface area contributed by atoms with Crippen LogP contribution in [0.5, 0.6) is 5.75 Å². The molecule has 3 aromatic carbocycles. The van der Waals surface area contributed by atoms with E-state index in [1.165, 1.54) is 12.1 Å². The van der Waals surface area contributed by atoms with E-state index >= 15 is 0 Å². The van der Waals surface area contributed by atoms with Crippen LogP contribution in [0.1, 0.15) is 44.9 Å². The summed E-state index contributed by atoms with van der Waals surface area (Å²) in [4.78, 5) is 24.6. The molecule has 172 valence electrons. The molecule has 0 unspecified atom stereocenters. The van der Waals surface area contributed by atoms with E-state index in [4.69, 9.17) is 9.84 Å². The third kappa shape index (κ3) is 4.96. The smallest absolute Gasteiger partial charge is 0.335 e. The number of carbonyl (C=O) groups is 2. The van der Waals surface area contributed by atoms with Gasteiger partial charge >= 0.3 is 5.97 Å². The molecule has 1 aromatic heterocycles. The number of hydrogen-bond donors (Lipinski definition) is 2. The van der Waals surface area contributed by atoms with Crippen molar-refractivity contribution in [2.75, 3.05) is 7.11 Å². The standard InChI is InChI=1S/C26H24N4O4/c1-17(19-11-13-21(14-12-19)26(32)33)27-25(31)24-23(20-8-4-3-5-9-20)28-29-30(24)16-18-7-6-10-22(15-18)34-2/h3-15,17H,16H2,1-2H3,(H,27,31)(H,32,33)/t17-/m0/s1. The maximum Gasteiger partial charge on any atom is 0.335 e. The Morgan fingerprint density at radius 1 is 1.03 bits per heavy atom. The van der Waals surface area contributed by atoms with E-state index in [-0.39, 0.29) is 17.5 Å². The average molecular weight is 457 g/mol. The van der Waals surface area contributed by atoms with E-state index in [2.05, 4.69) is 15.6 Å². The lowest BCUT2D eigenvalue weighted by Gasteiger charge is -2.16. The van der Waals surface area contributed by atoms with Crippen LogP contribution in [0.25, 0.3) is 11.3 Å². The molecule has 0 bridgehead atoms. The molecule has 8 nitrogen and oxygen atoms in total. The minimum Gasteiger partial charge on any atom is -0.497 e. The first-order valence-electron chi connectivity index (χ1n) is 10.7. The second-order valence-corrected chi connectivity index (χ2v) is 7.78. The molecule has 0 aliphatic carbocycles. The van der Waals surface area contributed by atoms with Gasteiger partial charge in [0.15, 0.2) is 5.69 Å². The van der Waals surface area contributed by atoms with E-state index < -0.39 is 5.97 Å². The Morgan fingerprint density at radius 3 is 2.44 bits per heavy atom. The summed E-state index contributed by atoms with van der Waals surface area (Å²) in [5, 5.41) is 20.7. The lowest BCUT2D eigenvalue weighted by atomic mass is 10.1. The predicted octanol–water partition coefficient (Wildman–Crippen LogP) is 4.19. The molecule has 1 amide bonds. The van der Waals surface area contributed by atoms with Crippen LogP contribution in [0, 0.1) is 0 Å². The van der Waals surface area contributed by atoms with E-state index in [9.17, 15) is 9.59 Å². The number of carbonyl (C=O) groups excluding carboxylic acids is 1. The van der Waals surface area contributed by atoms with Crippen molar-refractivity contribution in [1.29, 1.82) is 0 Å². The molecule has 1 heterocycles. The van der Waals surface area contributed by atoms with Crippen LogP contribution in [0.4, 0.5) is 0 Å². The van der Waals surface area contributed by atoms with Gasteiger partial charge in [0, 0.05) is 5.56 Å². The Bertz CT molecular complexity index is 1300. The fourth-order valence-electron chi connectivity index (χ4n) is 3.65. The van der Waals surface area contributed by atoms with E-state index in [0.717, 1.165) is 16.7 Å². The van der Waals surface area contributed by atoms with Gasteiger partial charge < -0.3 is 15.2 Å². The maximum atomic E-state index is 13.5. The van der Waals surface area contributed by atoms with Gasteiger partial charge in [-0.1, -0.05) is 59.8 Å². The molecule has 0 aliphatic rings. The first-order valence-corrected chi connectivity index (χ1v) is 10.7. The number of rotatable bonds is 8. The first-order chi connectivity index (χ1) is 16.5. The highest BCUT2D eigenvalue weighted by atomic mass is 16.5. The monoisotopic (exact) mass is 456 g/mol. The van der Waals surface area contributed by atoms with Gasteiger partial charge in [0.25, 0.3) is 5.91 Å². The van der Waals surface area contributed by atoms with Crippen LogP contribution in [-0.4, -0.2) is 39.1 Å². The fraction of sp³-hybridized carbons (Fsp3) is 0.154. The number of carboxylic acid groups (broad SMARTS) is 1. The minimum atomic E-state index is -0.997. The number of nitrogens with zero attached hydrogens (tertiary/aromatic N) is 3. The van der Waals surface area contributed by atoms with Crippen LogP contribution in [0.15, 0.2) is 78.9 Å². The number of hydrogen-bond acceptors (Lipinski definition) is 5. The summed E-state index contributed by atoms with van der Waals surface area (Å²) in [6.45, 7) is 2.17. The molecule has 0 fully saturated rings. The summed E-state index contributed by atoms with van der Waals surface area (Å²) < 4.78 is 6.88. The average Bonchev–Trinajstić information content (AvgIpc) is 3.28. The van der Waals surface area contributed by atoms with Gasteiger partial charge in [0.05, 0.1) is 25.3 Å². The van der Waals surface area contributed by atoms with Crippen molar-refractivity contribution in [3.63, 3.8) is 0 Å². The van der Waals surface area contributed by atoms with Gasteiger partial charge in [0.1, 0.15) is 11.4 Å². The van der Waals surface area contributed by atoms with E-state index in [1.807, 2.05) is 61.5 Å². The Morgan fingerprint density at radius 2 is 1.76 bits per heavy atom. The number of methoxy groups -OCH3 is 1. The molecule has 1 atom stereocenters. The van der Waals surface area contributed by atoms with Crippen molar-refractivity contribution in [1.82, 2.24) is 20.3 Å². The van der Waals surface area contributed by atoms with Crippen LogP contribution >= 0.6 is 0 Å². The molecule has 0 radical (unpaired) electrons. The predicted molar refractivity (Wildman–Crippen MR) is 127 cm³/mol. The van der Waals surface area contributed by atoms with E-state index in [0.29, 0.717) is 23.7 Å². The Kier molecular flexibility index (Phi) is 6.68. The zero-order valence-electron chi connectivity index (χ0n) is 18.8. The van der Waals surface area contributed by atoms with Gasteiger partial charge in [-0.25, -0.2) is 9.48 Å². The van der Waals surface area contributed by atoms with Gasteiger partial charge in [-0.2, -0.15) is 0 Å². The zero-order chi connectivity index (χ0) is 24.1. The quantitative estimate of drug-likeness (QED) is 0.412. The van der Waals surface area contributed by atoms with Crippen molar-refractivity contribution in [2.45, 2.75) is 19.5 Å². The van der Waals surface area contributed by atoms with Crippen LogP contribution in [-0.2, 0) is 6.54 Å². The summed E-state index contributed by atoms with van der Waals surface area (Å²) in [6, 6.07) is 23.0. The Balaban J connectivity index is 1.65. The van der Waals surface area contributed by atoms with Gasteiger partial charge in [-0.3, -0.25) is 4.79 Å². The molecule has 8 heteroatoms. The zero-order valence-corrected chi connectivity index (χ0v) is 18.8. The highest BCUT2D eigenvalue weighted by Gasteiger charge is 2.23. The molecular weight excluding hydrogens is 432 g/mol. The number of benzene rings is 3. The Labute approximate surface area is 196 Å². The van der Waals surface area contributed by atoms with Crippen molar-refractivity contribution in [3.8, 4) is 17.0 Å². The van der Waals surface area contributed by atoms with Crippen molar-refractivity contribution in [3.05, 3.63) is 101 Å². The summed E-state index contributed by atoms with van der Waals surface area (Å²) in [7, 11) is 1.60. The largest absolute Gasteiger partial charge is 0.497 e. The third-order valence-electron chi connectivity index (χ3n) is 5.47. The third-order valence-corrected chi connectivity index (χ3v) is 5.47. The second-order valence-electron chi connectivity index (χ2n) is 7.78. The molecule has 2 N–H and O–H groups in total. The number of amides is 1. The topological polar surface area (TPSA) is 106 Å². The number of carboxylic acids is 1. The Hall–Kier alpha value is -4.46. The lowest BCUT2D eigenvalue weighted by molar-refractivity contribution is 0.0696. The van der Waals surface area contributed by atoms with Gasteiger partial charge in [-0.05, 0) is 42.3 Å². The molecule has 0 saturated heterocycles. The highest BCUT2D eigenvalue weighted by Crippen LogP contribution is 2.24. The molecule has 4 rings (SSSR count). The molecule has 0 aliphatic heterocycles. The number of aromatic nitrogens is 3. The maximum absolute atomic E-state index is 13.5. The van der Waals surface area contributed by atoms with Crippen LogP contribution in [0.2, 0.25) is 0 Å². The first kappa shape index (κ1) is 22.7.